The monoisotopic (exact) mass is 175 g/mol. The van der Waals surface area contributed by atoms with Gasteiger partial charge in [-0.05, 0) is 50.4 Å². The van der Waals surface area contributed by atoms with Gasteiger partial charge in [0.15, 0.2) is 0 Å². The first-order valence-corrected chi connectivity index (χ1v) is 5.02. The maximum atomic E-state index is 3.26. The van der Waals surface area contributed by atoms with Gasteiger partial charge in [0.05, 0.1) is 0 Å². The van der Waals surface area contributed by atoms with Crippen molar-refractivity contribution >= 4 is 0 Å². The van der Waals surface area contributed by atoms with E-state index >= 15 is 0 Å². The Morgan fingerprint density at radius 2 is 2.08 bits per heavy atom. The summed E-state index contributed by atoms with van der Waals surface area (Å²) in [5, 5.41) is 3.26. The molecule has 1 aliphatic rings. The molecule has 0 aliphatic heterocycles. The zero-order valence-electron chi connectivity index (χ0n) is 8.43. The highest BCUT2D eigenvalue weighted by molar-refractivity contribution is 5.35. The van der Waals surface area contributed by atoms with Crippen LogP contribution in [0.4, 0.5) is 0 Å². The van der Waals surface area contributed by atoms with Crippen LogP contribution in [0.2, 0.25) is 0 Å². The maximum Gasteiger partial charge on any atom is -0.00172 e. The second kappa shape index (κ2) is 3.51. The summed E-state index contributed by atoms with van der Waals surface area (Å²) in [6, 6.07) is 6.85. The van der Waals surface area contributed by atoms with Crippen LogP contribution in [0.15, 0.2) is 18.2 Å². The average molecular weight is 175 g/mol. The van der Waals surface area contributed by atoms with Gasteiger partial charge in [0.1, 0.15) is 0 Å². The van der Waals surface area contributed by atoms with Crippen LogP contribution in [-0.4, -0.2) is 13.6 Å². The van der Waals surface area contributed by atoms with Crippen molar-refractivity contribution in [2.24, 2.45) is 5.92 Å². The third-order valence-corrected chi connectivity index (χ3v) is 2.87. The fourth-order valence-corrected chi connectivity index (χ4v) is 2.27. The Hall–Kier alpha value is -0.820. The molecular formula is C12H17N. The normalized spacial score (nSPS) is 20.3. The van der Waals surface area contributed by atoms with E-state index < -0.39 is 0 Å². The van der Waals surface area contributed by atoms with Gasteiger partial charge >= 0.3 is 0 Å². The smallest absolute Gasteiger partial charge is 0.00172 e. The summed E-state index contributed by atoms with van der Waals surface area (Å²) < 4.78 is 0. The van der Waals surface area contributed by atoms with Gasteiger partial charge in [0, 0.05) is 0 Å². The van der Waals surface area contributed by atoms with Crippen molar-refractivity contribution < 1.29 is 0 Å². The van der Waals surface area contributed by atoms with E-state index in [0.29, 0.717) is 0 Å². The Labute approximate surface area is 80.2 Å². The third-order valence-electron chi connectivity index (χ3n) is 2.87. The molecule has 1 heteroatoms. The minimum Gasteiger partial charge on any atom is -0.319 e. The number of rotatable bonds is 2. The highest BCUT2D eigenvalue weighted by atomic mass is 14.8. The average Bonchev–Trinajstić information content (AvgIpc) is 2.46. The van der Waals surface area contributed by atoms with Crippen molar-refractivity contribution in [2.45, 2.75) is 19.8 Å². The summed E-state index contributed by atoms with van der Waals surface area (Å²) in [6.45, 7) is 3.32. The molecular weight excluding hydrogens is 158 g/mol. The van der Waals surface area contributed by atoms with Crippen LogP contribution in [0.25, 0.3) is 0 Å². The number of nitrogens with one attached hydrogen (secondary N) is 1. The Balaban J connectivity index is 2.16. The first-order chi connectivity index (χ1) is 6.29. The minimum atomic E-state index is 0.821. The standard InChI is InChI=1S/C12H17N/c1-9-3-4-11-6-10(8-13-2)7-12(11)5-9/h3-5,10,13H,6-8H2,1-2H3. The molecule has 1 unspecified atom stereocenters. The van der Waals surface area contributed by atoms with Crippen molar-refractivity contribution in [3.8, 4) is 0 Å². The second-order valence-corrected chi connectivity index (χ2v) is 4.10. The predicted octanol–water partition coefficient (Wildman–Crippen LogP) is 1.93. The third kappa shape index (κ3) is 1.75. The van der Waals surface area contributed by atoms with Gasteiger partial charge in [0.2, 0.25) is 0 Å². The number of benzene rings is 1. The summed E-state index contributed by atoms with van der Waals surface area (Å²) in [5.74, 6) is 0.821. The van der Waals surface area contributed by atoms with Crippen LogP contribution in [0.5, 0.6) is 0 Å². The molecule has 0 spiro atoms. The van der Waals surface area contributed by atoms with Gasteiger partial charge in [-0.15, -0.1) is 0 Å². The molecule has 0 heterocycles. The van der Waals surface area contributed by atoms with E-state index in [4.69, 9.17) is 0 Å². The molecule has 0 saturated carbocycles. The van der Waals surface area contributed by atoms with Crippen molar-refractivity contribution in [3.63, 3.8) is 0 Å². The zero-order valence-corrected chi connectivity index (χ0v) is 8.43. The Morgan fingerprint density at radius 1 is 1.31 bits per heavy atom. The highest BCUT2D eigenvalue weighted by Crippen LogP contribution is 2.26. The van der Waals surface area contributed by atoms with E-state index in [1.807, 2.05) is 7.05 Å². The van der Waals surface area contributed by atoms with E-state index in [0.717, 1.165) is 12.5 Å². The summed E-state index contributed by atoms with van der Waals surface area (Å²) in [7, 11) is 2.04. The molecule has 13 heavy (non-hydrogen) atoms. The lowest BCUT2D eigenvalue weighted by Gasteiger charge is -2.05. The molecule has 70 valence electrons. The first-order valence-electron chi connectivity index (χ1n) is 5.02. The lowest BCUT2D eigenvalue weighted by Crippen LogP contribution is -2.18. The van der Waals surface area contributed by atoms with Crippen molar-refractivity contribution in [1.29, 1.82) is 0 Å². The van der Waals surface area contributed by atoms with Crippen molar-refractivity contribution in [1.82, 2.24) is 5.32 Å². The maximum absolute atomic E-state index is 3.26. The van der Waals surface area contributed by atoms with E-state index in [2.05, 4.69) is 30.4 Å². The van der Waals surface area contributed by atoms with Gasteiger partial charge < -0.3 is 5.32 Å². The second-order valence-electron chi connectivity index (χ2n) is 4.10. The largest absolute Gasteiger partial charge is 0.319 e. The molecule has 0 aromatic heterocycles. The molecule has 1 nitrogen and oxygen atoms in total. The molecule has 0 radical (unpaired) electrons. The van der Waals surface area contributed by atoms with Crippen LogP contribution in [0.1, 0.15) is 16.7 Å². The summed E-state index contributed by atoms with van der Waals surface area (Å²) in [4.78, 5) is 0. The quantitative estimate of drug-likeness (QED) is 0.724. The SMILES string of the molecule is CNCC1Cc2ccc(C)cc2C1. The number of hydrogen-bond donors (Lipinski definition) is 1. The predicted molar refractivity (Wildman–Crippen MR) is 56.0 cm³/mol. The topological polar surface area (TPSA) is 12.0 Å². The van der Waals surface area contributed by atoms with Crippen LogP contribution in [-0.2, 0) is 12.8 Å². The molecule has 0 amide bonds. The minimum absolute atomic E-state index is 0.821. The molecule has 1 atom stereocenters. The summed E-state index contributed by atoms with van der Waals surface area (Å²) >= 11 is 0. The highest BCUT2D eigenvalue weighted by Gasteiger charge is 2.20. The molecule has 1 N–H and O–H groups in total. The molecule has 0 bridgehead atoms. The van der Waals surface area contributed by atoms with E-state index in [1.54, 1.807) is 11.1 Å². The Morgan fingerprint density at radius 3 is 2.85 bits per heavy atom. The molecule has 0 saturated heterocycles. The first kappa shape index (κ1) is 8.76. The van der Waals surface area contributed by atoms with E-state index in [-0.39, 0.29) is 0 Å². The van der Waals surface area contributed by atoms with Crippen LogP contribution < -0.4 is 5.32 Å². The van der Waals surface area contributed by atoms with E-state index in [9.17, 15) is 0 Å². The van der Waals surface area contributed by atoms with Crippen LogP contribution >= 0.6 is 0 Å². The summed E-state index contributed by atoms with van der Waals surface area (Å²) in [6.07, 6.45) is 2.52. The van der Waals surface area contributed by atoms with Gasteiger partial charge in [-0.3, -0.25) is 0 Å². The molecule has 0 fully saturated rings. The Kier molecular flexibility index (Phi) is 2.36. The molecule has 1 aliphatic carbocycles. The number of hydrogen-bond acceptors (Lipinski definition) is 1. The lowest BCUT2D eigenvalue weighted by atomic mass is 10.1. The molecule has 1 aromatic rings. The van der Waals surface area contributed by atoms with Gasteiger partial charge in [-0.2, -0.15) is 0 Å². The fourth-order valence-electron chi connectivity index (χ4n) is 2.27. The zero-order chi connectivity index (χ0) is 9.26. The Bertz CT molecular complexity index is 304. The molecule has 2 rings (SSSR count). The van der Waals surface area contributed by atoms with Gasteiger partial charge in [-0.25, -0.2) is 0 Å². The molecule has 1 aromatic carbocycles. The lowest BCUT2D eigenvalue weighted by molar-refractivity contribution is 0.526. The van der Waals surface area contributed by atoms with Crippen molar-refractivity contribution in [2.75, 3.05) is 13.6 Å². The van der Waals surface area contributed by atoms with Gasteiger partial charge in [-0.1, -0.05) is 23.8 Å². The van der Waals surface area contributed by atoms with Crippen molar-refractivity contribution in [3.05, 3.63) is 34.9 Å². The fraction of sp³-hybridized carbons (Fsp3) is 0.500. The van der Waals surface area contributed by atoms with Gasteiger partial charge in [0.25, 0.3) is 0 Å². The van der Waals surface area contributed by atoms with E-state index in [1.165, 1.54) is 18.4 Å². The number of aryl methyl sites for hydroxylation is 1. The number of fused-ring (bicyclic) bond motifs is 1. The summed E-state index contributed by atoms with van der Waals surface area (Å²) in [5.41, 5.74) is 4.52. The van der Waals surface area contributed by atoms with Crippen LogP contribution in [0.3, 0.4) is 0 Å². The van der Waals surface area contributed by atoms with Crippen LogP contribution in [0, 0.1) is 12.8 Å².